The summed E-state index contributed by atoms with van der Waals surface area (Å²) in [5, 5.41) is 0. The van der Waals surface area contributed by atoms with Crippen LogP contribution >= 0.6 is 15.9 Å². The highest BCUT2D eigenvalue weighted by atomic mass is 79.9. The standard InChI is InChI=1S/C13H14BrN5O2/c1-20-9-4-8(14)3-2-7(9)6-21-10-5-11(15)16-13-12(10)17-19-18-13/h2-5,17,19H,6H2,1H3,(H3,15,16,18). The summed E-state index contributed by atoms with van der Waals surface area (Å²) in [6.07, 6.45) is 0. The van der Waals surface area contributed by atoms with Gasteiger partial charge in [-0.2, -0.15) is 0 Å². The quantitative estimate of drug-likeness (QED) is 0.671. The summed E-state index contributed by atoms with van der Waals surface area (Å²) in [5.41, 5.74) is 15.9. The Morgan fingerprint density at radius 3 is 2.90 bits per heavy atom. The lowest BCUT2D eigenvalue weighted by Crippen LogP contribution is -2.19. The fraction of sp³-hybridized carbons (Fsp3) is 0.154. The number of nitrogen functional groups attached to an aromatic ring is 1. The molecule has 2 aromatic rings. The van der Waals surface area contributed by atoms with Crippen molar-refractivity contribution in [1.82, 2.24) is 10.5 Å². The molecule has 5 N–H and O–H groups in total. The zero-order valence-corrected chi connectivity index (χ0v) is 12.8. The van der Waals surface area contributed by atoms with Crippen LogP contribution in [0.2, 0.25) is 0 Å². The Morgan fingerprint density at radius 1 is 1.24 bits per heavy atom. The van der Waals surface area contributed by atoms with Crippen molar-refractivity contribution in [1.29, 1.82) is 0 Å². The normalized spacial score (nSPS) is 12.3. The van der Waals surface area contributed by atoms with E-state index >= 15 is 0 Å². The van der Waals surface area contributed by atoms with E-state index in [1.165, 1.54) is 0 Å². The van der Waals surface area contributed by atoms with Crippen LogP contribution in [0.4, 0.5) is 17.3 Å². The first-order chi connectivity index (χ1) is 10.2. The molecule has 0 amide bonds. The number of anilines is 3. The van der Waals surface area contributed by atoms with Crippen LogP contribution in [-0.2, 0) is 6.61 Å². The second kappa shape index (κ2) is 5.66. The van der Waals surface area contributed by atoms with Crippen molar-refractivity contribution in [2.75, 3.05) is 23.7 Å². The van der Waals surface area contributed by atoms with Crippen LogP contribution in [0.15, 0.2) is 28.7 Å². The zero-order valence-electron chi connectivity index (χ0n) is 11.2. The predicted octanol–water partition coefficient (Wildman–Crippen LogP) is 2.27. The van der Waals surface area contributed by atoms with Crippen LogP contribution in [0.3, 0.4) is 0 Å². The molecule has 0 aliphatic carbocycles. The van der Waals surface area contributed by atoms with E-state index in [9.17, 15) is 0 Å². The molecule has 1 aliphatic heterocycles. The van der Waals surface area contributed by atoms with Gasteiger partial charge in [0, 0.05) is 16.1 Å². The van der Waals surface area contributed by atoms with Crippen molar-refractivity contribution in [3.8, 4) is 11.5 Å². The van der Waals surface area contributed by atoms with Gasteiger partial charge in [0.1, 0.15) is 23.9 Å². The monoisotopic (exact) mass is 351 g/mol. The van der Waals surface area contributed by atoms with Gasteiger partial charge in [0.25, 0.3) is 0 Å². The molecule has 1 aromatic heterocycles. The average Bonchev–Trinajstić information content (AvgIpc) is 2.93. The fourth-order valence-corrected chi connectivity index (χ4v) is 2.35. The lowest BCUT2D eigenvalue weighted by molar-refractivity contribution is 0.298. The Kier molecular flexibility index (Phi) is 3.72. The summed E-state index contributed by atoms with van der Waals surface area (Å²) in [6, 6.07) is 7.45. The van der Waals surface area contributed by atoms with Crippen LogP contribution in [0.25, 0.3) is 0 Å². The molecule has 1 aliphatic rings. The van der Waals surface area contributed by atoms with Gasteiger partial charge in [0.05, 0.1) is 7.11 Å². The first-order valence-corrected chi connectivity index (χ1v) is 6.99. The number of halogens is 1. The minimum atomic E-state index is 0.355. The first-order valence-electron chi connectivity index (χ1n) is 6.20. The largest absolute Gasteiger partial charge is 0.496 e. The molecule has 3 rings (SSSR count). The molecule has 0 saturated carbocycles. The highest BCUT2D eigenvalue weighted by Gasteiger charge is 2.18. The third kappa shape index (κ3) is 2.81. The van der Waals surface area contributed by atoms with Gasteiger partial charge in [-0.1, -0.05) is 22.0 Å². The van der Waals surface area contributed by atoms with E-state index in [2.05, 4.69) is 37.3 Å². The van der Waals surface area contributed by atoms with Crippen molar-refractivity contribution < 1.29 is 9.47 Å². The van der Waals surface area contributed by atoms with E-state index in [-0.39, 0.29) is 0 Å². The lowest BCUT2D eigenvalue weighted by atomic mass is 10.2. The Labute approximate surface area is 129 Å². The molecule has 0 unspecified atom stereocenters. The molecule has 1 aromatic carbocycles. The number of hydrazine groups is 2. The summed E-state index contributed by atoms with van der Waals surface area (Å²) in [6.45, 7) is 0.355. The van der Waals surface area contributed by atoms with Gasteiger partial charge >= 0.3 is 0 Å². The zero-order chi connectivity index (χ0) is 14.8. The van der Waals surface area contributed by atoms with Gasteiger partial charge in [-0.3, -0.25) is 10.9 Å². The number of aromatic nitrogens is 1. The van der Waals surface area contributed by atoms with Crippen LogP contribution in [0.1, 0.15) is 5.56 Å². The number of nitrogens with one attached hydrogen (secondary N) is 3. The molecular weight excluding hydrogens is 338 g/mol. The number of hydrogen-bond acceptors (Lipinski definition) is 7. The van der Waals surface area contributed by atoms with E-state index in [0.29, 0.717) is 24.0 Å². The van der Waals surface area contributed by atoms with Crippen molar-refractivity contribution in [3.05, 3.63) is 34.3 Å². The maximum Gasteiger partial charge on any atom is 0.172 e. The number of nitrogens with zero attached hydrogens (tertiary/aromatic N) is 1. The van der Waals surface area contributed by atoms with Crippen molar-refractivity contribution in [3.63, 3.8) is 0 Å². The lowest BCUT2D eigenvalue weighted by Gasteiger charge is -2.13. The highest BCUT2D eigenvalue weighted by molar-refractivity contribution is 9.10. The summed E-state index contributed by atoms with van der Waals surface area (Å²) in [7, 11) is 1.63. The average molecular weight is 352 g/mol. The predicted molar refractivity (Wildman–Crippen MR) is 84.1 cm³/mol. The van der Waals surface area contributed by atoms with E-state index in [1.807, 2.05) is 18.2 Å². The first kappa shape index (κ1) is 13.8. The van der Waals surface area contributed by atoms with E-state index < -0.39 is 0 Å². The molecule has 0 fully saturated rings. The van der Waals surface area contributed by atoms with Crippen LogP contribution in [0, 0.1) is 0 Å². The minimum absolute atomic E-state index is 0.355. The Morgan fingerprint density at radius 2 is 2.10 bits per heavy atom. The molecule has 7 nitrogen and oxygen atoms in total. The summed E-state index contributed by atoms with van der Waals surface area (Å²) < 4.78 is 12.1. The van der Waals surface area contributed by atoms with Gasteiger partial charge in [-0.25, -0.2) is 4.98 Å². The molecule has 0 radical (unpaired) electrons. The van der Waals surface area contributed by atoms with E-state index in [0.717, 1.165) is 21.5 Å². The van der Waals surface area contributed by atoms with Crippen molar-refractivity contribution in [2.24, 2.45) is 0 Å². The molecule has 2 heterocycles. The number of hydrogen-bond donors (Lipinski definition) is 4. The number of ether oxygens (including phenoxy) is 2. The fourth-order valence-electron chi connectivity index (χ4n) is 2.01. The summed E-state index contributed by atoms with van der Waals surface area (Å²) in [4.78, 5) is 4.15. The third-order valence-electron chi connectivity index (χ3n) is 3.00. The smallest absolute Gasteiger partial charge is 0.172 e. The van der Waals surface area contributed by atoms with Crippen LogP contribution < -0.4 is 31.6 Å². The summed E-state index contributed by atoms with van der Waals surface area (Å²) in [5.74, 6) is 2.35. The maximum absolute atomic E-state index is 5.84. The molecule has 0 saturated heterocycles. The second-order valence-corrected chi connectivity index (χ2v) is 5.30. The Bertz CT molecular complexity index is 680. The number of methoxy groups -OCH3 is 1. The van der Waals surface area contributed by atoms with Crippen LogP contribution in [0.5, 0.6) is 11.5 Å². The summed E-state index contributed by atoms with van der Waals surface area (Å²) >= 11 is 3.41. The van der Waals surface area contributed by atoms with Gasteiger partial charge in [-0.15, -0.1) is 5.53 Å². The number of nitrogens with two attached hydrogens (primary N) is 1. The van der Waals surface area contributed by atoms with Gasteiger partial charge in [0.15, 0.2) is 11.6 Å². The number of pyridine rings is 1. The highest BCUT2D eigenvalue weighted by Crippen LogP contribution is 2.35. The van der Waals surface area contributed by atoms with Gasteiger partial charge in [-0.05, 0) is 12.1 Å². The van der Waals surface area contributed by atoms with Gasteiger partial charge < -0.3 is 15.2 Å². The van der Waals surface area contributed by atoms with Crippen LogP contribution in [-0.4, -0.2) is 12.1 Å². The van der Waals surface area contributed by atoms with E-state index in [1.54, 1.807) is 13.2 Å². The molecule has 0 atom stereocenters. The molecule has 21 heavy (non-hydrogen) atoms. The van der Waals surface area contributed by atoms with E-state index in [4.69, 9.17) is 15.2 Å². The minimum Gasteiger partial charge on any atom is -0.496 e. The van der Waals surface area contributed by atoms with Crippen molar-refractivity contribution in [2.45, 2.75) is 6.61 Å². The molecule has 110 valence electrons. The molecule has 0 spiro atoms. The maximum atomic E-state index is 5.84. The number of fused-ring (bicyclic) bond motifs is 1. The van der Waals surface area contributed by atoms with Gasteiger partial charge in [0.2, 0.25) is 0 Å². The Balaban J connectivity index is 1.83. The SMILES string of the molecule is COc1cc(Br)ccc1COc1cc(N)nc2c1NNN2. The second-order valence-electron chi connectivity index (χ2n) is 4.39. The molecule has 8 heteroatoms. The Hall–Kier alpha value is -2.19. The third-order valence-corrected chi connectivity index (χ3v) is 3.50. The molecular formula is C13H14BrN5O2. The topological polar surface area (TPSA) is 93.5 Å². The van der Waals surface area contributed by atoms with Crippen molar-refractivity contribution >= 4 is 33.3 Å². The molecule has 0 bridgehead atoms. The number of rotatable bonds is 4. The number of benzene rings is 1.